The fraction of sp³-hybridized carbons (Fsp3) is 0.214. The Labute approximate surface area is 130 Å². The van der Waals surface area contributed by atoms with Crippen LogP contribution in [-0.2, 0) is 4.74 Å². The molecule has 0 saturated heterocycles. The van der Waals surface area contributed by atoms with Crippen LogP contribution in [0.2, 0.25) is 5.02 Å². The summed E-state index contributed by atoms with van der Waals surface area (Å²) in [6, 6.07) is 3.12. The molecule has 0 unspecified atom stereocenters. The summed E-state index contributed by atoms with van der Waals surface area (Å²) in [4.78, 5) is 28.3. The Bertz CT molecular complexity index is 712. The van der Waals surface area contributed by atoms with Crippen LogP contribution < -0.4 is 5.32 Å². The quantitative estimate of drug-likeness (QED) is 0.878. The lowest BCUT2D eigenvalue weighted by molar-refractivity contribution is 0.0600. The second kappa shape index (κ2) is 6.24. The number of esters is 1. The van der Waals surface area contributed by atoms with Gasteiger partial charge in [-0.2, -0.15) is 0 Å². The predicted molar refractivity (Wildman–Crippen MR) is 82.3 cm³/mol. The van der Waals surface area contributed by atoms with E-state index in [2.05, 4.69) is 15.0 Å². The van der Waals surface area contributed by atoms with Gasteiger partial charge in [0.1, 0.15) is 4.88 Å². The molecule has 1 amide bonds. The number of hydrogen-bond acceptors (Lipinski definition) is 5. The minimum Gasteiger partial charge on any atom is -0.465 e. The van der Waals surface area contributed by atoms with Crippen molar-refractivity contribution in [3.8, 4) is 0 Å². The first-order chi connectivity index (χ1) is 9.92. The maximum atomic E-state index is 12.1. The van der Waals surface area contributed by atoms with E-state index in [1.165, 1.54) is 30.7 Å². The summed E-state index contributed by atoms with van der Waals surface area (Å²) in [5, 5.41) is 3.84. The normalized spacial score (nSPS) is 10.3. The highest BCUT2D eigenvalue weighted by Crippen LogP contribution is 2.26. The van der Waals surface area contributed by atoms with Crippen LogP contribution in [0, 0.1) is 13.8 Å². The third kappa shape index (κ3) is 3.40. The smallest absolute Gasteiger partial charge is 0.339 e. The van der Waals surface area contributed by atoms with Gasteiger partial charge in [-0.25, -0.2) is 9.78 Å². The van der Waals surface area contributed by atoms with E-state index in [1.54, 1.807) is 13.0 Å². The largest absolute Gasteiger partial charge is 0.465 e. The van der Waals surface area contributed by atoms with E-state index in [-0.39, 0.29) is 16.5 Å². The number of methoxy groups -OCH3 is 1. The molecule has 0 bridgehead atoms. The molecule has 7 heteroatoms. The van der Waals surface area contributed by atoms with Crippen LogP contribution in [0.1, 0.15) is 30.6 Å². The van der Waals surface area contributed by atoms with Crippen LogP contribution in [0.3, 0.4) is 0 Å². The minimum absolute atomic E-state index is 0.209. The molecule has 0 aliphatic rings. The van der Waals surface area contributed by atoms with E-state index in [4.69, 9.17) is 11.6 Å². The standard InChI is InChI=1S/C14H13ClN2O3S/c1-7-4-10(15)9(14(19)20-3)5-11(7)17-13(18)12-6-16-8(2)21-12/h4-6H,1-3H3,(H,17,18). The van der Waals surface area contributed by atoms with Crippen molar-refractivity contribution in [2.24, 2.45) is 0 Å². The van der Waals surface area contributed by atoms with Gasteiger partial charge in [-0.15, -0.1) is 11.3 Å². The molecular formula is C14H13ClN2O3S. The van der Waals surface area contributed by atoms with Gasteiger partial charge in [0.15, 0.2) is 0 Å². The van der Waals surface area contributed by atoms with Gasteiger partial charge in [0, 0.05) is 5.69 Å². The van der Waals surface area contributed by atoms with Gasteiger partial charge in [-0.3, -0.25) is 4.79 Å². The van der Waals surface area contributed by atoms with E-state index in [0.717, 1.165) is 10.6 Å². The fourth-order valence-corrected chi connectivity index (χ4v) is 2.69. The van der Waals surface area contributed by atoms with Crippen LogP contribution in [0.25, 0.3) is 0 Å². The zero-order valence-electron chi connectivity index (χ0n) is 11.7. The number of amides is 1. The van der Waals surface area contributed by atoms with Gasteiger partial charge in [-0.1, -0.05) is 11.6 Å². The highest BCUT2D eigenvalue weighted by Gasteiger charge is 2.16. The number of carbonyl (C=O) groups excluding carboxylic acids is 2. The number of anilines is 1. The van der Waals surface area contributed by atoms with E-state index >= 15 is 0 Å². The van der Waals surface area contributed by atoms with Gasteiger partial charge in [0.25, 0.3) is 5.91 Å². The molecule has 1 heterocycles. The molecule has 1 aromatic heterocycles. The second-order valence-electron chi connectivity index (χ2n) is 4.34. The Balaban J connectivity index is 2.31. The van der Waals surface area contributed by atoms with E-state index < -0.39 is 5.97 Å². The Hall–Kier alpha value is -1.92. The number of nitrogens with zero attached hydrogens (tertiary/aromatic N) is 1. The zero-order valence-corrected chi connectivity index (χ0v) is 13.3. The average molecular weight is 325 g/mol. The van der Waals surface area contributed by atoms with Gasteiger partial charge < -0.3 is 10.1 Å². The Morgan fingerprint density at radius 1 is 1.33 bits per heavy atom. The Morgan fingerprint density at radius 2 is 2.05 bits per heavy atom. The van der Waals surface area contributed by atoms with Gasteiger partial charge >= 0.3 is 5.97 Å². The van der Waals surface area contributed by atoms with Crippen LogP contribution in [0.15, 0.2) is 18.3 Å². The lowest BCUT2D eigenvalue weighted by Gasteiger charge is -2.10. The van der Waals surface area contributed by atoms with E-state index in [1.807, 2.05) is 6.92 Å². The predicted octanol–water partition coefficient (Wildman–Crippen LogP) is 3.45. The SMILES string of the molecule is COC(=O)c1cc(NC(=O)c2cnc(C)s2)c(C)cc1Cl. The van der Waals surface area contributed by atoms with Gasteiger partial charge in [0.2, 0.25) is 0 Å². The van der Waals surface area contributed by atoms with Crippen molar-refractivity contribution in [1.82, 2.24) is 4.98 Å². The van der Waals surface area contributed by atoms with Crippen molar-refractivity contribution < 1.29 is 14.3 Å². The summed E-state index contributed by atoms with van der Waals surface area (Å²) in [6.45, 7) is 3.62. The van der Waals surface area contributed by atoms with Crippen molar-refractivity contribution in [3.05, 3.63) is 44.4 Å². The maximum absolute atomic E-state index is 12.1. The molecule has 0 radical (unpaired) electrons. The minimum atomic E-state index is -0.552. The van der Waals surface area contributed by atoms with Crippen LogP contribution in [0.5, 0.6) is 0 Å². The Morgan fingerprint density at radius 3 is 2.62 bits per heavy atom. The third-order valence-corrected chi connectivity index (χ3v) is 4.04. The maximum Gasteiger partial charge on any atom is 0.339 e. The number of hydrogen-bond donors (Lipinski definition) is 1. The molecule has 0 fully saturated rings. The molecule has 2 aromatic rings. The second-order valence-corrected chi connectivity index (χ2v) is 5.98. The summed E-state index contributed by atoms with van der Waals surface area (Å²) in [5.41, 5.74) is 1.47. The number of thiazole rings is 1. The van der Waals surface area contributed by atoms with Crippen LogP contribution >= 0.6 is 22.9 Å². The number of halogens is 1. The lowest BCUT2D eigenvalue weighted by Crippen LogP contribution is -2.12. The molecule has 2 rings (SSSR count). The highest BCUT2D eigenvalue weighted by atomic mass is 35.5. The summed E-state index contributed by atoms with van der Waals surface area (Å²) in [6.07, 6.45) is 1.52. The van der Waals surface area contributed by atoms with Gasteiger partial charge in [0.05, 0.1) is 28.9 Å². The highest BCUT2D eigenvalue weighted by molar-refractivity contribution is 7.13. The number of carbonyl (C=O) groups is 2. The molecule has 110 valence electrons. The average Bonchev–Trinajstić information content (AvgIpc) is 2.87. The first-order valence-corrected chi connectivity index (χ1v) is 7.24. The number of benzene rings is 1. The fourth-order valence-electron chi connectivity index (χ4n) is 1.72. The summed E-state index contributed by atoms with van der Waals surface area (Å²) in [7, 11) is 1.27. The number of aromatic nitrogens is 1. The lowest BCUT2D eigenvalue weighted by atomic mass is 10.1. The molecule has 1 N–H and O–H groups in total. The van der Waals surface area contributed by atoms with Crippen molar-refractivity contribution in [3.63, 3.8) is 0 Å². The van der Waals surface area contributed by atoms with Crippen molar-refractivity contribution in [2.75, 3.05) is 12.4 Å². The summed E-state index contributed by atoms with van der Waals surface area (Å²) >= 11 is 7.31. The Kier molecular flexibility index (Phi) is 4.59. The molecule has 0 atom stereocenters. The monoisotopic (exact) mass is 324 g/mol. The number of aryl methyl sites for hydroxylation is 2. The first kappa shape index (κ1) is 15.5. The summed E-state index contributed by atoms with van der Waals surface area (Å²) in [5.74, 6) is -0.828. The molecule has 0 aliphatic heterocycles. The van der Waals surface area contributed by atoms with Crippen molar-refractivity contribution >= 4 is 40.5 Å². The zero-order chi connectivity index (χ0) is 15.6. The molecular weight excluding hydrogens is 312 g/mol. The van der Waals surface area contributed by atoms with Crippen LogP contribution in [-0.4, -0.2) is 24.0 Å². The number of rotatable bonds is 3. The number of nitrogens with one attached hydrogen (secondary N) is 1. The molecule has 0 spiro atoms. The van der Waals surface area contributed by atoms with E-state index in [9.17, 15) is 9.59 Å². The number of ether oxygens (including phenoxy) is 1. The van der Waals surface area contributed by atoms with Gasteiger partial charge in [-0.05, 0) is 31.5 Å². The molecule has 21 heavy (non-hydrogen) atoms. The van der Waals surface area contributed by atoms with E-state index in [0.29, 0.717) is 10.6 Å². The van der Waals surface area contributed by atoms with Crippen molar-refractivity contribution in [1.29, 1.82) is 0 Å². The molecule has 5 nitrogen and oxygen atoms in total. The van der Waals surface area contributed by atoms with Crippen molar-refractivity contribution in [2.45, 2.75) is 13.8 Å². The summed E-state index contributed by atoms with van der Waals surface area (Å²) < 4.78 is 4.66. The molecule has 0 saturated carbocycles. The molecule has 0 aliphatic carbocycles. The topological polar surface area (TPSA) is 68.3 Å². The van der Waals surface area contributed by atoms with Crippen LogP contribution in [0.4, 0.5) is 5.69 Å². The first-order valence-electron chi connectivity index (χ1n) is 6.04. The third-order valence-electron chi connectivity index (χ3n) is 2.81. The molecule has 1 aromatic carbocycles.